The fourth-order valence-electron chi connectivity index (χ4n) is 4.99. The molecular formula is C13H18O3. The summed E-state index contributed by atoms with van der Waals surface area (Å²) >= 11 is 0. The van der Waals surface area contributed by atoms with E-state index in [2.05, 4.69) is 0 Å². The lowest BCUT2D eigenvalue weighted by atomic mass is 9.80. The first-order valence-corrected chi connectivity index (χ1v) is 6.79. The van der Waals surface area contributed by atoms with E-state index in [-0.39, 0.29) is 0 Å². The highest BCUT2D eigenvalue weighted by atomic mass is 16.6. The third-order valence-corrected chi connectivity index (χ3v) is 5.64. The van der Waals surface area contributed by atoms with Crippen LogP contribution in [-0.4, -0.2) is 37.6 Å². The van der Waals surface area contributed by atoms with Crippen molar-refractivity contribution in [1.29, 1.82) is 0 Å². The van der Waals surface area contributed by atoms with Crippen LogP contribution in [0.5, 0.6) is 0 Å². The van der Waals surface area contributed by atoms with Gasteiger partial charge in [-0.3, -0.25) is 0 Å². The Morgan fingerprint density at radius 3 is 2.69 bits per heavy atom. The quantitative estimate of drug-likeness (QED) is 0.673. The first-order valence-electron chi connectivity index (χ1n) is 6.79. The summed E-state index contributed by atoms with van der Waals surface area (Å²) in [5, 5.41) is 0. The molecule has 88 valence electrons. The van der Waals surface area contributed by atoms with Gasteiger partial charge < -0.3 is 14.2 Å². The molecule has 8 unspecified atom stereocenters. The second kappa shape index (κ2) is 2.82. The topological polar surface area (TPSA) is 31.0 Å². The van der Waals surface area contributed by atoms with Crippen molar-refractivity contribution in [3.05, 3.63) is 0 Å². The Kier molecular flexibility index (Phi) is 1.57. The first-order chi connectivity index (χ1) is 7.90. The molecule has 3 saturated heterocycles. The van der Waals surface area contributed by atoms with Crippen LogP contribution >= 0.6 is 0 Å². The van der Waals surface area contributed by atoms with Crippen molar-refractivity contribution in [2.75, 3.05) is 13.2 Å². The van der Waals surface area contributed by atoms with Crippen LogP contribution in [0.15, 0.2) is 0 Å². The second-order valence-corrected chi connectivity index (χ2v) is 6.33. The molecule has 3 aliphatic heterocycles. The summed E-state index contributed by atoms with van der Waals surface area (Å²) in [5.74, 6) is 3.49. The number of fused-ring (bicyclic) bond motifs is 2. The SMILES string of the molecule is C1OC1COC1CC2CC1C1C3CC(O3)C21. The third kappa shape index (κ3) is 1.00. The van der Waals surface area contributed by atoms with Crippen LogP contribution in [-0.2, 0) is 14.2 Å². The van der Waals surface area contributed by atoms with Crippen LogP contribution < -0.4 is 0 Å². The summed E-state index contributed by atoms with van der Waals surface area (Å²) in [4.78, 5) is 0. The normalized spacial score (nSPS) is 64.5. The maximum absolute atomic E-state index is 6.06. The van der Waals surface area contributed by atoms with Crippen molar-refractivity contribution in [2.24, 2.45) is 23.7 Å². The number of epoxide rings is 1. The van der Waals surface area contributed by atoms with Crippen molar-refractivity contribution in [1.82, 2.24) is 0 Å². The Hall–Kier alpha value is -0.120. The average molecular weight is 222 g/mol. The number of rotatable bonds is 3. The van der Waals surface area contributed by atoms with Gasteiger partial charge in [0.15, 0.2) is 0 Å². The predicted molar refractivity (Wildman–Crippen MR) is 56.0 cm³/mol. The van der Waals surface area contributed by atoms with Gasteiger partial charge in [-0.25, -0.2) is 0 Å². The molecule has 3 nitrogen and oxygen atoms in total. The van der Waals surface area contributed by atoms with E-state index in [0.29, 0.717) is 24.4 Å². The molecule has 3 saturated carbocycles. The van der Waals surface area contributed by atoms with Crippen LogP contribution in [0.25, 0.3) is 0 Å². The molecule has 0 amide bonds. The van der Waals surface area contributed by atoms with E-state index in [9.17, 15) is 0 Å². The van der Waals surface area contributed by atoms with Gasteiger partial charge in [0.05, 0.1) is 31.5 Å². The molecule has 0 spiro atoms. The van der Waals surface area contributed by atoms with E-state index >= 15 is 0 Å². The molecule has 3 heterocycles. The molecule has 6 rings (SSSR count). The van der Waals surface area contributed by atoms with Crippen molar-refractivity contribution < 1.29 is 14.2 Å². The van der Waals surface area contributed by atoms with Crippen molar-refractivity contribution >= 4 is 0 Å². The Bertz CT molecular complexity index is 321. The number of ether oxygens (including phenoxy) is 3. The molecule has 4 bridgehead atoms. The fraction of sp³-hybridized carbons (Fsp3) is 1.00. The number of hydrogen-bond donors (Lipinski definition) is 0. The van der Waals surface area contributed by atoms with E-state index in [1.807, 2.05) is 0 Å². The first kappa shape index (κ1) is 8.90. The maximum Gasteiger partial charge on any atom is 0.104 e. The minimum Gasteiger partial charge on any atom is -0.375 e. The van der Waals surface area contributed by atoms with Gasteiger partial charge in [-0.2, -0.15) is 0 Å². The lowest BCUT2D eigenvalue weighted by Crippen LogP contribution is -2.34. The predicted octanol–water partition coefficient (Wildman–Crippen LogP) is 1.21. The van der Waals surface area contributed by atoms with Crippen LogP contribution in [0.2, 0.25) is 0 Å². The largest absolute Gasteiger partial charge is 0.375 e. The number of hydrogen-bond acceptors (Lipinski definition) is 3. The molecule has 0 radical (unpaired) electrons. The fourth-order valence-corrected chi connectivity index (χ4v) is 4.99. The van der Waals surface area contributed by atoms with Gasteiger partial charge in [0, 0.05) is 6.42 Å². The molecular weight excluding hydrogens is 204 g/mol. The Labute approximate surface area is 95.4 Å². The minimum atomic E-state index is 0.420. The monoisotopic (exact) mass is 222 g/mol. The average Bonchev–Trinajstić information content (AvgIpc) is 2.63. The molecule has 0 aromatic heterocycles. The van der Waals surface area contributed by atoms with Gasteiger partial charge in [-0.15, -0.1) is 0 Å². The lowest BCUT2D eigenvalue weighted by molar-refractivity contribution is -0.0934. The minimum absolute atomic E-state index is 0.420. The van der Waals surface area contributed by atoms with Crippen LogP contribution in [0.4, 0.5) is 0 Å². The summed E-state index contributed by atoms with van der Waals surface area (Å²) in [5.41, 5.74) is 0. The molecule has 3 aliphatic carbocycles. The van der Waals surface area contributed by atoms with E-state index in [1.165, 1.54) is 19.3 Å². The zero-order valence-corrected chi connectivity index (χ0v) is 9.38. The summed E-state index contributed by atoms with van der Waals surface area (Å²) in [6.45, 7) is 1.75. The second-order valence-electron chi connectivity index (χ2n) is 6.33. The molecule has 0 aromatic carbocycles. The summed E-state index contributed by atoms with van der Waals surface area (Å²) in [6, 6.07) is 0. The van der Waals surface area contributed by atoms with Crippen LogP contribution in [0.3, 0.4) is 0 Å². The van der Waals surface area contributed by atoms with E-state index in [1.54, 1.807) is 0 Å². The van der Waals surface area contributed by atoms with Crippen LogP contribution in [0, 0.1) is 23.7 Å². The Morgan fingerprint density at radius 2 is 1.88 bits per heavy atom. The van der Waals surface area contributed by atoms with Crippen molar-refractivity contribution in [3.63, 3.8) is 0 Å². The maximum atomic E-state index is 6.06. The van der Waals surface area contributed by atoms with E-state index in [0.717, 1.165) is 36.9 Å². The van der Waals surface area contributed by atoms with Gasteiger partial charge >= 0.3 is 0 Å². The molecule has 6 aliphatic rings. The smallest absolute Gasteiger partial charge is 0.104 e. The molecule has 16 heavy (non-hydrogen) atoms. The van der Waals surface area contributed by atoms with Crippen molar-refractivity contribution in [3.8, 4) is 0 Å². The molecule has 3 heteroatoms. The summed E-state index contributed by atoms with van der Waals surface area (Å²) < 4.78 is 17.2. The highest BCUT2D eigenvalue weighted by Crippen LogP contribution is 2.65. The Balaban J connectivity index is 1.33. The Morgan fingerprint density at radius 1 is 1.06 bits per heavy atom. The van der Waals surface area contributed by atoms with Gasteiger partial charge in [0.2, 0.25) is 0 Å². The van der Waals surface area contributed by atoms with Crippen molar-refractivity contribution in [2.45, 2.75) is 43.7 Å². The molecule has 0 N–H and O–H groups in total. The highest BCUT2D eigenvalue weighted by Gasteiger charge is 2.66. The van der Waals surface area contributed by atoms with Gasteiger partial charge in [-0.1, -0.05) is 0 Å². The summed E-state index contributed by atoms with van der Waals surface area (Å²) in [6.07, 6.45) is 6.25. The summed E-state index contributed by atoms with van der Waals surface area (Å²) in [7, 11) is 0. The molecule has 0 aromatic rings. The van der Waals surface area contributed by atoms with Gasteiger partial charge in [0.25, 0.3) is 0 Å². The standard InChI is InChI=1S/C13H18O3/c1-6-2-9(15-5-7-4-14-7)8(1)13-11-3-10(16-11)12(6)13/h6-13H,1-5H2. The zero-order valence-electron chi connectivity index (χ0n) is 9.38. The van der Waals surface area contributed by atoms with Gasteiger partial charge in [-0.05, 0) is 36.5 Å². The van der Waals surface area contributed by atoms with E-state index in [4.69, 9.17) is 14.2 Å². The van der Waals surface area contributed by atoms with Crippen LogP contribution in [0.1, 0.15) is 19.3 Å². The van der Waals surface area contributed by atoms with E-state index < -0.39 is 0 Å². The van der Waals surface area contributed by atoms with Gasteiger partial charge in [0.1, 0.15) is 6.10 Å². The lowest BCUT2D eigenvalue weighted by Gasteiger charge is -2.30. The highest BCUT2D eigenvalue weighted by molar-refractivity contribution is 5.14. The third-order valence-electron chi connectivity index (χ3n) is 5.64. The zero-order chi connectivity index (χ0) is 10.3. The molecule has 8 atom stereocenters. The molecule has 6 fully saturated rings.